The van der Waals surface area contributed by atoms with Crippen molar-refractivity contribution in [3.05, 3.63) is 51.9 Å². The molecule has 1 radical (unpaired) electrons. The van der Waals surface area contributed by atoms with E-state index in [0.29, 0.717) is 9.39 Å². The molecule has 0 atom stereocenters. The van der Waals surface area contributed by atoms with Gasteiger partial charge in [-0.15, -0.1) is 0 Å². The largest absolute Gasteiger partial charge is 0.495 e. The Morgan fingerprint density at radius 1 is 1.04 bits per heavy atom. The van der Waals surface area contributed by atoms with E-state index in [1.54, 1.807) is 16.4 Å². The SMILES string of the molecule is COc1ccc(-c2c(-c3ccc(C)cc3)ssc2=S)cc1S(=O)(=O)O.[Na]. The Kier molecular flexibility index (Phi) is 7.20. The van der Waals surface area contributed by atoms with Crippen molar-refractivity contribution < 1.29 is 17.7 Å². The molecular formula is C17H14NaO4S4. The number of hydrogen-bond acceptors (Lipinski definition) is 6. The molecule has 0 saturated heterocycles. The zero-order valence-electron chi connectivity index (χ0n) is 14.3. The van der Waals surface area contributed by atoms with Crippen LogP contribution in [0.3, 0.4) is 0 Å². The molecular weight excluding hydrogens is 419 g/mol. The zero-order valence-corrected chi connectivity index (χ0v) is 19.6. The first-order valence-corrected chi connectivity index (χ1v) is 11.2. The van der Waals surface area contributed by atoms with Crippen LogP contribution < -0.4 is 4.74 Å². The van der Waals surface area contributed by atoms with Gasteiger partial charge in [0.05, 0.1) is 12.0 Å². The van der Waals surface area contributed by atoms with Gasteiger partial charge >= 0.3 is 0 Å². The van der Waals surface area contributed by atoms with Crippen molar-refractivity contribution in [3.8, 4) is 27.3 Å². The maximum atomic E-state index is 11.7. The Balaban J connectivity index is 0.00000243. The van der Waals surface area contributed by atoms with E-state index in [9.17, 15) is 13.0 Å². The van der Waals surface area contributed by atoms with Gasteiger partial charge in [0.15, 0.2) is 0 Å². The van der Waals surface area contributed by atoms with Crippen LogP contribution in [0.1, 0.15) is 5.56 Å². The first kappa shape index (κ1) is 21.7. The normalized spacial score (nSPS) is 11.0. The Bertz CT molecular complexity index is 1080. The summed E-state index contributed by atoms with van der Waals surface area (Å²) >= 11 is 5.46. The molecule has 0 spiro atoms. The third-order valence-corrected chi connectivity index (χ3v) is 7.62. The molecule has 0 amide bonds. The molecule has 3 aromatic rings. The van der Waals surface area contributed by atoms with E-state index in [4.69, 9.17) is 17.0 Å². The van der Waals surface area contributed by atoms with Crippen LogP contribution in [0.4, 0.5) is 0 Å². The van der Waals surface area contributed by atoms with Crippen molar-refractivity contribution in [1.82, 2.24) is 0 Å². The van der Waals surface area contributed by atoms with Crippen LogP contribution in [0.25, 0.3) is 21.6 Å². The fraction of sp³-hybridized carbons (Fsp3) is 0.118. The molecule has 131 valence electrons. The van der Waals surface area contributed by atoms with Gasteiger partial charge in [0.1, 0.15) is 14.5 Å². The summed E-state index contributed by atoms with van der Waals surface area (Å²) in [6.07, 6.45) is 0. The number of aryl methyl sites for hydroxylation is 1. The van der Waals surface area contributed by atoms with E-state index in [1.165, 1.54) is 29.6 Å². The van der Waals surface area contributed by atoms with Gasteiger partial charge in [-0.3, -0.25) is 4.55 Å². The van der Waals surface area contributed by atoms with E-state index in [1.807, 2.05) is 31.2 Å². The Labute approximate surface area is 186 Å². The van der Waals surface area contributed by atoms with Crippen molar-refractivity contribution in [1.29, 1.82) is 0 Å². The summed E-state index contributed by atoms with van der Waals surface area (Å²) in [6.45, 7) is 2.02. The van der Waals surface area contributed by atoms with Crippen LogP contribution in [-0.4, -0.2) is 49.6 Å². The summed E-state index contributed by atoms with van der Waals surface area (Å²) in [5, 5.41) is 0. The predicted octanol–water partition coefficient (Wildman–Crippen LogP) is 5.06. The summed E-state index contributed by atoms with van der Waals surface area (Å²) in [7, 11) is -0.0445. The van der Waals surface area contributed by atoms with Crippen LogP contribution in [0.2, 0.25) is 0 Å². The number of methoxy groups -OCH3 is 1. The van der Waals surface area contributed by atoms with Gasteiger partial charge in [-0.05, 0) is 30.2 Å². The average Bonchev–Trinajstić information content (AvgIpc) is 2.96. The van der Waals surface area contributed by atoms with Crippen LogP contribution in [0.5, 0.6) is 5.75 Å². The summed E-state index contributed by atoms with van der Waals surface area (Å²) in [5.41, 5.74) is 3.59. The van der Waals surface area contributed by atoms with Gasteiger partial charge in [0, 0.05) is 35.1 Å². The Hall–Kier alpha value is -0.580. The standard InChI is InChI=1S/C17H14O4S4.Na/c1-10-3-5-11(6-4-10)16-15(17(22)24-23-16)12-7-8-13(21-2)14(9-12)25(18,19)20;/h3-9H,1-2H3,(H,18,19,20);. The molecule has 2 aromatic carbocycles. The van der Waals surface area contributed by atoms with Gasteiger partial charge in [-0.2, -0.15) is 8.42 Å². The molecule has 0 fully saturated rings. The summed E-state index contributed by atoms with van der Waals surface area (Å²) in [5.74, 6) is 0.0907. The molecule has 0 unspecified atom stereocenters. The summed E-state index contributed by atoms with van der Waals surface area (Å²) in [6, 6.07) is 12.7. The second-order valence-corrected chi connectivity index (χ2v) is 9.57. The predicted molar refractivity (Wildman–Crippen MR) is 111 cm³/mol. The molecule has 0 aliphatic carbocycles. The van der Waals surface area contributed by atoms with Crippen molar-refractivity contribution in [3.63, 3.8) is 0 Å². The van der Waals surface area contributed by atoms with Crippen LogP contribution in [-0.2, 0) is 10.1 Å². The van der Waals surface area contributed by atoms with Gasteiger partial charge in [-0.25, -0.2) is 0 Å². The van der Waals surface area contributed by atoms with E-state index in [-0.39, 0.29) is 40.2 Å². The third kappa shape index (κ3) is 4.45. The minimum Gasteiger partial charge on any atom is -0.495 e. The molecule has 0 saturated carbocycles. The van der Waals surface area contributed by atoms with E-state index >= 15 is 0 Å². The first-order chi connectivity index (χ1) is 11.8. The van der Waals surface area contributed by atoms with Gasteiger partial charge in [0.25, 0.3) is 10.1 Å². The molecule has 0 bridgehead atoms. The minimum atomic E-state index is -4.41. The van der Waals surface area contributed by atoms with Crippen molar-refractivity contribution in [2.75, 3.05) is 7.11 Å². The number of benzene rings is 2. The monoisotopic (exact) mass is 433 g/mol. The maximum absolute atomic E-state index is 11.7. The molecule has 0 aliphatic heterocycles. The van der Waals surface area contributed by atoms with E-state index in [2.05, 4.69) is 0 Å². The number of hydrogen-bond donors (Lipinski definition) is 1. The maximum Gasteiger partial charge on any atom is 0.298 e. The fourth-order valence-electron chi connectivity index (χ4n) is 2.44. The summed E-state index contributed by atoms with van der Waals surface area (Å²) < 4.78 is 38.5. The fourth-order valence-corrected chi connectivity index (χ4v) is 6.04. The van der Waals surface area contributed by atoms with Crippen molar-refractivity contribution in [2.45, 2.75) is 11.8 Å². The molecule has 26 heavy (non-hydrogen) atoms. The molecule has 4 nitrogen and oxygen atoms in total. The quantitative estimate of drug-likeness (QED) is 0.270. The smallest absolute Gasteiger partial charge is 0.298 e. The van der Waals surface area contributed by atoms with Crippen LogP contribution in [0, 0.1) is 10.7 Å². The number of ether oxygens (including phenoxy) is 1. The van der Waals surface area contributed by atoms with E-state index < -0.39 is 10.1 Å². The van der Waals surface area contributed by atoms with Gasteiger partial charge in [0.2, 0.25) is 0 Å². The van der Waals surface area contributed by atoms with Crippen LogP contribution in [0.15, 0.2) is 47.4 Å². The molecule has 9 heteroatoms. The minimum absolute atomic E-state index is 0. The topological polar surface area (TPSA) is 63.6 Å². The molecule has 1 heterocycles. The van der Waals surface area contributed by atoms with Crippen LogP contribution >= 0.6 is 32.9 Å². The Morgan fingerprint density at radius 3 is 2.23 bits per heavy atom. The summed E-state index contributed by atoms with van der Waals surface area (Å²) in [4.78, 5) is 0.703. The number of rotatable bonds is 4. The van der Waals surface area contributed by atoms with Gasteiger partial charge in [-0.1, -0.05) is 68.8 Å². The third-order valence-electron chi connectivity index (χ3n) is 3.68. The van der Waals surface area contributed by atoms with Crippen molar-refractivity contribution >= 4 is 72.6 Å². The molecule has 1 aromatic heterocycles. The average molecular weight is 434 g/mol. The molecule has 0 aliphatic rings. The van der Waals surface area contributed by atoms with Gasteiger partial charge < -0.3 is 4.74 Å². The second-order valence-electron chi connectivity index (χ2n) is 5.36. The molecule has 3 rings (SSSR count). The van der Waals surface area contributed by atoms with Crippen molar-refractivity contribution in [2.24, 2.45) is 0 Å². The molecule has 1 N–H and O–H groups in total. The zero-order chi connectivity index (χ0) is 18.2. The second kappa shape index (κ2) is 8.62. The Morgan fingerprint density at radius 2 is 1.65 bits per heavy atom. The first-order valence-electron chi connectivity index (χ1n) is 7.17. The van der Waals surface area contributed by atoms with E-state index in [0.717, 1.165) is 21.6 Å².